The number of carbonyl (C=O) groups excluding carboxylic acids is 1. The number of rotatable bonds is 2. The summed E-state index contributed by atoms with van der Waals surface area (Å²) in [6, 6.07) is 0. The fourth-order valence-corrected chi connectivity index (χ4v) is 2.45. The molecule has 1 rings (SSSR count). The summed E-state index contributed by atoms with van der Waals surface area (Å²) in [5.41, 5.74) is -0.489. The van der Waals surface area contributed by atoms with Crippen LogP contribution in [0.1, 0.15) is 52.9 Å². The van der Waals surface area contributed by atoms with Crippen LogP contribution in [0.4, 0.5) is 0 Å². The molecule has 1 N–H and O–H groups in total. The van der Waals surface area contributed by atoms with Crippen LogP contribution in [0.5, 0.6) is 0 Å². The molecule has 15 heavy (non-hydrogen) atoms. The van der Waals surface area contributed by atoms with Crippen molar-refractivity contribution >= 4 is 5.97 Å². The van der Waals surface area contributed by atoms with Crippen molar-refractivity contribution in [3.63, 3.8) is 0 Å². The summed E-state index contributed by atoms with van der Waals surface area (Å²) < 4.78 is 4.94. The summed E-state index contributed by atoms with van der Waals surface area (Å²) in [5.74, 6) is -0.0999. The van der Waals surface area contributed by atoms with Crippen molar-refractivity contribution in [2.45, 2.75) is 64.0 Å². The number of nitrogens with one attached hydrogen (secondary N) is 1. The molecule has 3 nitrogen and oxygen atoms in total. The molecule has 1 aliphatic rings. The Morgan fingerprint density at radius 2 is 1.73 bits per heavy atom. The number of esters is 1. The first-order chi connectivity index (χ1) is 6.90. The molecular formula is C12H23NO2. The Morgan fingerprint density at radius 1 is 1.20 bits per heavy atom. The Kier molecular flexibility index (Phi) is 3.77. The Bertz CT molecular complexity index is 224. The molecule has 0 atom stereocenters. The van der Waals surface area contributed by atoms with E-state index in [9.17, 15) is 4.79 Å². The second-order valence-corrected chi connectivity index (χ2v) is 5.51. The SMILES string of the molecule is COC(=O)C1(NC(C)(C)C)CCCCC1. The third-order valence-corrected chi connectivity index (χ3v) is 2.90. The molecule has 0 aliphatic heterocycles. The monoisotopic (exact) mass is 213 g/mol. The van der Waals surface area contributed by atoms with Crippen LogP contribution in [0.25, 0.3) is 0 Å². The smallest absolute Gasteiger partial charge is 0.326 e. The molecular weight excluding hydrogens is 190 g/mol. The van der Waals surface area contributed by atoms with Crippen molar-refractivity contribution in [3.8, 4) is 0 Å². The minimum Gasteiger partial charge on any atom is -0.468 e. The molecule has 1 aliphatic carbocycles. The summed E-state index contributed by atoms with van der Waals surface area (Å²) in [6.45, 7) is 6.27. The summed E-state index contributed by atoms with van der Waals surface area (Å²) >= 11 is 0. The van der Waals surface area contributed by atoms with Crippen LogP contribution < -0.4 is 5.32 Å². The number of hydrogen-bond donors (Lipinski definition) is 1. The number of methoxy groups -OCH3 is 1. The van der Waals surface area contributed by atoms with Crippen LogP contribution in [-0.4, -0.2) is 24.2 Å². The zero-order valence-corrected chi connectivity index (χ0v) is 10.4. The summed E-state index contributed by atoms with van der Waals surface area (Å²) in [5, 5.41) is 3.45. The highest BCUT2D eigenvalue weighted by Crippen LogP contribution is 2.31. The van der Waals surface area contributed by atoms with Crippen molar-refractivity contribution in [2.24, 2.45) is 0 Å². The molecule has 1 fully saturated rings. The summed E-state index contributed by atoms with van der Waals surface area (Å²) in [7, 11) is 1.48. The van der Waals surface area contributed by atoms with Crippen molar-refractivity contribution in [3.05, 3.63) is 0 Å². The largest absolute Gasteiger partial charge is 0.468 e. The fourth-order valence-electron chi connectivity index (χ4n) is 2.45. The van der Waals surface area contributed by atoms with Gasteiger partial charge in [0.1, 0.15) is 5.54 Å². The maximum atomic E-state index is 11.9. The van der Waals surface area contributed by atoms with Crippen LogP contribution in [0.15, 0.2) is 0 Å². The standard InChI is InChI=1S/C12H23NO2/c1-11(2,3)13-12(10(14)15-4)8-6-5-7-9-12/h13H,5-9H2,1-4H3. The average molecular weight is 213 g/mol. The van der Waals surface area contributed by atoms with Crippen LogP contribution in [0.3, 0.4) is 0 Å². The van der Waals surface area contributed by atoms with E-state index in [1.165, 1.54) is 13.5 Å². The highest BCUT2D eigenvalue weighted by molar-refractivity contribution is 5.81. The van der Waals surface area contributed by atoms with Gasteiger partial charge in [-0.3, -0.25) is 10.1 Å². The molecule has 88 valence electrons. The van der Waals surface area contributed by atoms with E-state index in [1.54, 1.807) is 0 Å². The highest BCUT2D eigenvalue weighted by atomic mass is 16.5. The van der Waals surface area contributed by atoms with E-state index in [2.05, 4.69) is 26.1 Å². The van der Waals surface area contributed by atoms with Crippen LogP contribution >= 0.6 is 0 Å². The Labute approximate surface area is 92.6 Å². The summed E-state index contributed by atoms with van der Waals surface area (Å²) in [4.78, 5) is 11.9. The van der Waals surface area contributed by atoms with Crippen molar-refractivity contribution < 1.29 is 9.53 Å². The van der Waals surface area contributed by atoms with E-state index < -0.39 is 5.54 Å². The Morgan fingerprint density at radius 3 is 2.13 bits per heavy atom. The first-order valence-corrected chi connectivity index (χ1v) is 5.77. The first-order valence-electron chi connectivity index (χ1n) is 5.77. The lowest BCUT2D eigenvalue weighted by Gasteiger charge is -2.40. The lowest BCUT2D eigenvalue weighted by molar-refractivity contribution is -0.151. The van der Waals surface area contributed by atoms with Gasteiger partial charge in [0.05, 0.1) is 7.11 Å². The first kappa shape index (κ1) is 12.5. The zero-order chi connectivity index (χ0) is 11.5. The van der Waals surface area contributed by atoms with E-state index >= 15 is 0 Å². The molecule has 0 saturated heterocycles. The van der Waals surface area contributed by atoms with Gasteiger partial charge in [-0.2, -0.15) is 0 Å². The van der Waals surface area contributed by atoms with Crippen molar-refractivity contribution in [1.29, 1.82) is 0 Å². The van der Waals surface area contributed by atoms with Gasteiger partial charge in [-0.15, -0.1) is 0 Å². The van der Waals surface area contributed by atoms with E-state index in [0.717, 1.165) is 25.7 Å². The van der Waals surface area contributed by atoms with E-state index in [0.29, 0.717) is 0 Å². The maximum absolute atomic E-state index is 11.9. The second-order valence-electron chi connectivity index (χ2n) is 5.51. The minimum atomic E-state index is -0.439. The number of ether oxygens (including phenoxy) is 1. The normalized spacial score (nSPS) is 21.1. The second kappa shape index (κ2) is 4.52. The Balaban J connectivity index is 2.80. The molecule has 0 radical (unpaired) electrons. The number of hydrogen-bond acceptors (Lipinski definition) is 3. The Hall–Kier alpha value is -0.570. The van der Waals surface area contributed by atoms with Crippen LogP contribution in [-0.2, 0) is 9.53 Å². The van der Waals surface area contributed by atoms with Gasteiger partial charge in [-0.05, 0) is 33.6 Å². The van der Waals surface area contributed by atoms with Gasteiger partial charge in [0.2, 0.25) is 0 Å². The molecule has 0 aromatic carbocycles. The van der Waals surface area contributed by atoms with Gasteiger partial charge >= 0.3 is 5.97 Å². The molecule has 1 saturated carbocycles. The summed E-state index contributed by atoms with van der Waals surface area (Å²) in [6.07, 6.45) is 5.24. The van der Waals surface area contributed by atoms with E-state index in [-0.39, 0.29) is 11.5 Å². The van der Waals surface area contributed by atoms with Gasteiger partial charge in [-0.25, -0.2) is 0 Å². The van der Waals surface area contributed by atoms with Crippen molar-refractivity contribution in [1.82, 2.24) is 5.32 Å². The number of carbonyl (C=O) groups is 1. The molecule has 3 heteroatoms. The van der Waals surface area contributed by atoms with E-state index in [1.807, 2.05) is 0 Å². The van der Waals surface area contributed by atoms with E-state index in [4.69, 9.17) is 4.74 Å². The van der Waals surface area contributed by atoms with Crippen LogP contribution in [0, 0.1) is 0 Å². The third-order valence-electron chi connectivity index (χ3n) is 2.90. The molecule has 0 bridgehead atoms. The molecule has 0 aromatic heterocycles. The lowest BCUT2D eigenvalue weighted by atomic mass is 9.80. The van der Waals surface area contributed by atoms with Gasteiger partial charge in [-0.1, -0.05) is 19.3 Å². The molecule has 0 aromatic rings. The predicted octanol–water partition coefficient (Wildman–Crippen LogP) is 2.25. The third kappa shape index (κ3) is 3.20. The molecule has 0 amide bonds. The van der Waals surface area contributed by atoms with Crippen LogP contribution in [0.2, 0.25) is 0 Å². The highest BCUT2D eigenvalue weighted by Gasteiger charge is 2.42. The van der Waals surface area contributed by atoms with Gasteiger partial charge in [0, 0.05) is 5.54 Å². The molecule has 0 heterocycles. The maximum Gasteiger partial charge on any atom is 0.326 e. The van der Waals surface area contributed by atoms with Gasteiger partial charge < -0.3 is 4.74 Å². The predicted molar refractivity (Wildman–Crippen MR) is 60.7 cm³/mol. The minimum absolute atomic E-state index is 0.0501. The zero-order valence-electron chi connectivity index (χ0n) is 10.4. The molecule has 0 spiro atoms. The lowest BCUT2D eigenvalue weighted by Crippen LogP contribution is -2.60. The quantitative estimate of drug-likeness (QED) is 0.715. The average Bonchev–Trinajstić information content (AvgIpc) is 2.15. The molecule has 0 unspecified atom stereocenters. The topological polar surface area (TPSA) is 38.3 Å². The van der Waals surface area contributed by atoms with Crippen molar-refractivity contribution in [2.75, 3.05) is 7.11 Å². The van der Waals surface area contributed by atoms with Gasteiger partial charge in [0.15, 0.2) is 0 Å². The fraction of sp³-hybridized carbons (Fsp3) is 0.917. The van der Waals surface area contributed by atoms with Gasteiger partial charge in [0.25, 0.3) is 0 Å².